The molecule has 1 saturated heterocycles. The van der Waals surface area contributed by atoms with Gasteiger partial charge in [0.25, 0.3) is 0 Å². The van der Waals surface area contributed by atoms with Crippen LogP contribution in [0.5, 0.6) is 0 Å². The van der Waals surface area contributed by atoms with Gasteiger partial charge in [0.05, 0.1) is 25.5 Å². The van der Waals surface area contributed by atoms with E-state index in [1.54, 1.807) is 6.26 Å². The number of rotatable bonds is 6. The highest BCUT2D eigenvalue weighted by Crippen LogP contribution is 2.20. The lowest BCUT2D eigenvalue weighted by atomic mass is 10.1. The van der Waals surface area contributed by atoms with Crippen molar-refractivity contribution < 1.29 is 9.15 Å². The Hall–Kier alpha value is -0.840. The van der Waals surface area contributed by atoms with Crippen LogP contribution in [0.4, 0.5) is 0 Å². The third-order valence-corrected chi connectivity index (χ3v) is 3.80. The fraction of sp³-hybridized carbons (Fsp3) is 0.733. The highest BCUT2D eigenvalue weighted by Gasteiger charge is 2.26. The van der Waals surface area contributed by atoms with Crippen LogP contribution in [0.2, 0.25) is 0 Å². The van der Waals surface area contributed by atoms with Crippen molar-refractivity contribution in [2.45, 2.75) is 52.4 Å². The van der Waals surface area contributed by atoms with Crippen LogP contribution in [0.3, 0.4) is 0 Å². The van der Waals surface area contributed by atoms with Crippen LogP contribution in [0.15, 0.2) is 16.7 Å². The Kier molecular flexibility index (Phi) is 5.43. The number of furan rings is 1. The number of nitrogens with one attached hydrogen (secondary N) is 1. The average Bonchev–Trinajstić information content (AvgIpc) is 2.84. The Morgan fingerprint density at radius 2 is 2.26 bits per heavy atom. The van der Waals surface area contributed by atoms with Gasteiger partial charge in [0, 0.05) is 24.7 Å². The van der Waals surface area contributed by atoms with E-state index in [-0.39, 0.29) is 0 Å². The summed E-state index contributed by atoms with van der Waals surface area (Å²) >= 11 is 0. The molecule has 2 rings (SSSR count). The lowest BCUT2D eigenvalue weighted by Gasteiger charge is -2.37. The van der Waals surface area contributed by atoms with Gasteiger partial charge >= 0.3 is 0 Å². The van der Waals surface area contributed by atoms with Gasteiger partial charge in [-0.15, -0.1) is 0 Å². The van der Waals surface area contributed by atoms with Gasteiger partial charge in [-0.2, -0.15) is 0 Å². The second-order valence-corrected chi connectivity index (χ2v) is 5.28. The molecule has 0 saturated carbocycles. The van der Waals surface area contributed by atoms with Crippen LogP contribution in [0, 0.1) is 0 Å². The number of nitrogens with zero attached hydrogens (tertiary/aromatic N) is 1. The summed E-state index contributed by atoms with van der Waals surface area (Å²) in [7, 11) is 0. The molecule has 4 nitrogen and oxygen atoms in total. The molecule has 1 aliphatic heterocycles. The van der Waals surface area contributed by atoms with Crippen molar-refractivity contribution in [3.8, 4) is 0 Å². The molecular formula is C15H26N2O2. The van der Waals surface area contributed by atoms with Gasteiger partial charge in [0.15, 0.2) is 0 Å². The molecule has 1 aromatic rings. The number of morpholine rings is 1. The van der Waals surface area contributed by atoms with E-state index >= 15 is 0 Å². The Labute approximate surface area is 116 Å². The first-order chi connectivity index (χ1) is 9.24. The molecule has 2 heterocycles. The summed E-state index contributed by atoms with van der Waals surface area (Å²) < 4.78 is 11.4. The Bertz CT molecular complexity index is 378. The quantitative estimate of drug-likeness (QED) is 0.858. The predicted molar refractivity (Wildman–Crippen MR) is 76.0 cm³/mol. The smallest absolute Gasteiger partial charge is 0.122 e. The van der Waals surface area contributed by atoms with Crippen LogP contribution >= 0.6 is 0 Å². The highest BCUT2D eigenvalue weighted by molar-refractivity contribution is 5.17. The predicted octanol–water partition coefficient (Wildman–Crippen LogP) is 2.39. The van der Waals surface area contributed by atoms with Gasteiger partial charge < -0.3 is 14.5 Å². The van der Waals surface area contributed by atoms with Gasteiger partial charge in [-0.05, 0) is 26.0 Å². The van der Waals surface area contributed by atoms with Crippen molar-refractivity contribution >= 4 is 0 Å². The molecule has 0 spiro atoms. The monoisotopic (exact) mass is 266 g/mol. The van der Waals surface area contributed by atoms with Gasteiger partial charge in [-0.1, -0.05) is 13.8 Å². The second kappa shape index (κ2) is 7.08. The lowest BCUT2D eigenvalue weighted by molar-refractivity contribution is -0.0611. The molecular weight excluding hydrogens is 240 g/mol. The normalized spacial score (nSPS) is 24.8. The molecule has 1 aliphatic rings. The standard InChI is InChI=1S/C15H26N2O2/c1-4-14-11-19-12(3)9-17(14)10-15-13(6-7-18-15)8-16-5-2/h6-7,12,14,16H,4-5,8-11H2,1-3H3. The minimum Gasteiger partial charge on any atom is -0.468 e. The van der Waals surface area contributed by atoms with Gasteiger partial charge in [-0.25, -0.2) is 0 Å². The lowest BCUT2D eigenvalue weighted by Crippen LogP contribution is -2.47. The van der Waals surface area contributed by atoms with E-state index < -0.39 is 0 Å². The second-order valence-electron chi connectivity index (χ2n) is 5.28. The molecule has 1 aromatic heterocycles. The minimum atomic E-state index is 0.315. The molecule has 0 radical (unpaired) electrons. The molecule has 0 aromatic carbocycles. The maximum atomic E-state index is 5.74. The Morgan fingerprint density at radius 3 is 3.00 bits per heavy atom. The van der Waals surface area contributed by atoms with Crippen LogP contribution < -0.4 is 5.32 Å². The van der Waals surface area contributed by atoms with Crippen LogP contribution in [-0.4, -0.2) is 36.7 Å². The van der Waals surface area contributed by atoms with E-state index in [4.69, 9.17) is 9.15 Å². The first-order valence-electron chi connectivity index (χ1n) is 7.36. The first kappa shape index (κ1) is 14.6. The van der Waals surface area contributed by atoms with Crippen molar-refractivity contribution in [2.24, 2.45) is 0 Å². The van der Waals surface area contributed by atoms with E-state index in [0.29, 0.717) is 12.1 Å². The molecule has 19 heavy (non-hydrogen) atoms. The molecule has 1 fully saturated rings. The van der Waals surface area contributed by atoms with Gasteiger partial charge in [0.1, 0.15) is 5.76 Å². The summed E-state index contributed by atoms with van der Waals surface area (Å²) in [5.41, 5.74) is 1.27. The minimum absolute atomic E-state index is 0.315. The average molecular weight is 266 g/mol. The number of ether oxygens (including phenoxy) is 1. The van der Waals surface area contributed by atoms with E-state index in [2.05, 4.69) is 37.1 Å². The topological polar surface area (TPSA) is 37.6 Å². The Morgan fingerprint density at radius 1 is 1.42 bits per heavy atom. The zero-order valence-corrected chi connectivity index (χ0v) is 12.3. The van der Waals surface area contributed by atoms with Crippen molar-refractivity contribution in [3.63, 3.8) is 0 Å². The van der Waals surface area contributed by atoms with E-state index in [1.165, 1.54) is 5.56 Å². The summed E-state index contributed by atoms with van der Waals surface area (Å²) in [6.07, 6.45) is 3.23. The SMILES string of the molecule is CCNCc1ccoc1CN1CC(C)OCC1CC. The first-order valence-corrected chi connectivity index (χ1v) is 7.36. The van der Waals surface area contributed by atoms with Gasteiger partial charge in [-0.3, -0.25) is 4.90 Å². The summed E-state index contributed by atoms with van der Waals surface area (Å²) in [6, 6.07) is 2.58. The van der Waals surface area contributed by atoms with Crippen LogP contribution in [0.25, 0.3) is 0 Å². The number of hydrogen-bond acceptors (Lipinski definition) is 4. The van der Waals surface area contributed by atoms with Crippen molar-refractivity contribution in [2.75, 3.05) is 19.7 Å². The van der Waals surface area contributed by atoms with Crippen molar-refractivity contribution in [1.82, 2.24) is 10.2 Å². The van der Waals surface area contributed by atoms with Crippen molar-refractivity contribution in [3.05, 3.63) is 23.7 Å². The summed E-state index contributed by atoms with van der Waals surface area (Å²) in [4.78, 5) is 2.49. The van der Waals surface area contributed by atoms with E-state index in [1.807, 2.05) is 0 Å². The fourth-order valence-corrected chi connectivity index (χ4v) is 2.59. The fourth-order valence-electron chi connectivity index (χ4n) is 2.59. The third-order valence-electron chi connectivity index (χ3n) is 3.80. The number of hydrogen-bond donors (Lipinski definition) is 1. The maximum absolute atomic E-state index is 5.74. The molecule has 2 atom stereocenters. The van der Waals surface area contributed by atoms with Gasteiger partial charge in [0.2, 0.25) is 0 Å². The molecule has 0 aliphatic carbocycles. The Balaban J connectivity index is 2.00. The largest absolute Gasteiger partial charge is 0.468 e. The summed E-state index contributed by atoms with van der Waals surface area (Å²) in [5, 5.41) is 3.36. The van der Waals surface area contributed by atoms with E-state index in [0.717, 1.165) is 45.0 Å². The molecule has 108 valence electrons. The van der Waals surface area contributed by atoms with Crippen LogP contribution in [-0.2, 0) is 17.8 Å². The molecule has 1 N–H and O–H groups in total. The maximum Gasteiger partial charge on any atom is 0.122 e. The third kappa shape index (κ3) is 3.81. The molecule has 2 unspecified atom stereocenters. The summed E-state index contributed by atoms with van der Waals surface area (Å²) in [5.74, 6) is 1.09. The van der Waals surface area contributed by atoms with Crippen molar-refractivity contribution in [1.29, 1.82) is 0 Å². The molecule has 0 amide bonds. The zero-order valence-electron chi connectivity index (χ0n) is 12.3. The molecule has 0 bridgehead atoms. The molecule has 4 heteroatoms. The van der Waals surface area contributed by atoms with Crippen LogP contribution in [0.1, 0.15) is 38.5 Å². The van der Waals surface area contributed by atoms with E-state index in [9.17, 15) is 0 Å². The summed E-state index contributed by atoms with van der Waals surface area (Å²) in [6.45, 7) is 11.1. The highest BCUT2D eigenvalue weighted by atomic mass is 16.5. The zero-order chi connectivity index (χ0) is 13.7.